The third kappa shape index (κ3) is 6.39. The Balaban J connectivity index is 1.10. The lowest BCUT2D eigenvalue weighted by Gasteiger charge is -2.38. The fraction of sp³-hybridized carbons (Fsp3) is 0.500. The quantitative estimate of drug-likeness (QED) is 0.303. The molecule has 224 valence electrons. The number of benzene rings is 1. The molecule has 4 heterocycles. The van der Waals surface area contributed by atoms with Gasteiger partial charge < -0.3 is 24.5 Å². The molecule has 41 heavy (non-hydrogen) atoms. The summed E-state index contributed by atoms with van der Waals surface area (Å²) in [4.78, 5) is 4.49. The van der Waals surface area contributed by atoms with Gasteiger partial charge >= 0.3 is 0 Å². The van der Waals surface area contributed by atoms with Crippen LogP contribution < -0.4 is 14.8 Å². The molecule has 15 heteroatoms. The maximum atomic E-state index is 13.4. The zero-order valence-corrected chi connectivity index (χ0v) is 25.2. The molecule has 0 aliphatic carbocycles. The van der Waals surface area contributed by atoms with E-state index in [1.807, 2.05) is 0 Å². The number of nitrogens with zero attached hydrogens (tertiary/aromatic N) is 3. The number of aryl methyl sites for hydroxylation is 1. The first kappa shape index (κ1) is 30.2. The summed E-state index contributed by atoms with van der Waals surface area (Å²) in [5.41, 5.74) is 0.799. The van der Waals surface area contributed by atoms with Gasteiger partial charge in [0.25, 0.3) is 0 Å². The summed E-state index contributed by atoms with van der Waals surface area (Å²) in [7, 11) is -4.19. The van der Waals surface area contributed by atoms with Crippen molar-refractivity contribution in [1.82, 2.24) is 23.9 Å². The molecule has 12 nitrogen and oxygen atoms in total. The number of hydrogen-bond acceptors (Lipinski definition) is 9. The van der Waals surface area contributed by atoms with E-state index in [4.69, 9.17) is 21.1 Å². The van der Waals surface area contributed by atoms with E-state index in [1.54, 1.807) is 36.0 Å². The van der Waals surface area contributed by atoms with Gasteiger partial charge in [-0.25, -0.2) is 21.6 Å². The number of pyridine rings is 1. The summed E-state index contributed by atoms with van der Waals surface area (Å²) in [5, 5.41) is 14.2. The van der Waals surface area contributed by atoms with Gasteiger partial charge in [-0.05, 0) is 44.5 Å². The summed E-state index contributed by atoms with van der Waals surface area (Å²) in [6.45, 7) is 1.37. The number of fused-ring (bicyclic) bond motifs is 1. The molecule has 2 atom stereocenters. The van der Waals surface area contributed by atoms with Crippen LogP contribution in [-0.2, 0) is 31.8 Å². The highest BCUT2D eigenvalue weighted by molar-refractivity contribution is 7.89. The van der Waals surface area contributed by atoms with Crippen molar-refractivity contribution in [3.63, 3.8) is 0 Å². The lowest BCUT2D eigenvalue weighted by molar-refractivity contribution is -0.0312. The van der Waals surface area contributed by atoms with Gasteiger partial charge in [0.1, 0.15) is 28.9 Å². The summed E-state index contributed by atoms with van der Waals surface area (Å²) in [5.74, 6) is 0.341. The van der Waals surface area contributed by atoms with Gasteiger partial charge in [-0.3, -0.25) is 4.98 Å². The second-order valence-corrected chi connectivity index (χ2v) is 14.7. The predicted molar refractivity (Wildman–Crippen MR) is 153 cm³/mol. The fourth-order valence-corrected chi connectivity index (χ4v) is 7.80. The first-order valence-corrected chi connectivity index (χ1v) is 16.6. The Morgan fingerprint density at radius 3 is 2.71 bits per heavy atom. The van der Waals surface area contributed by atoms with Crippen molar-refractivity contribution in [2.24, 2.45) is 7.05 Å². The van der Waals surface area contributed by atoms with Crippen LogP contribution in [0.15, 0.2) is 52.5 Å². The number of aromatic nitrogens is 2. The standard InChI is InChI=1S/C26H34ClN5O7S2/c1-28-40(34,35)21-5-3-4-20(10-21)38-17-19(33)13-29-18-12-26(39-16-18)6-8-32(9-7-26)41(36,37)22-11-24-25(30-14-22)23(27)15-31(24)2/h3-5,10-11,14-15,18-19,28-29,33H,6-9,12-13,16-17H2,1-2H3/t18?,19-/m0/s1. The largest absolute Gasteiger partial charge is 0.491 e. The summed E-state index contributed by atoms with van der Waals surface area (Å²) < 4.78 is 67.9. The summed E-state index contributed by atoms with van der Waals surface area (Å²) in [6.07, 6.45) is 4.06. The lowest BCUT2D eigenvalue weighted by atomic mass is 9.88. The molecule has 1 spiro atoms. The van der Waals surface area contributed by atoms with Crippen LogP contribution in [0.2, 0.25) is 5.02 Å². The second-order valence-electron chi connectivity index (χ2n) is 10.5. The number of piperidine rings is 1. The lowest BCUT2D eigenvalue weighted by Crippen LogP contribution is -2.47. The molecule has 3 aromatic rings. The van der Waals surface area contributed by atoms with Crippen molar-refractivity contribution in [2.75, 3.05) is 39.9 Å². The number of sulfonamides is 2. The molecule has 0 bridgehead atoms. The molecule has 0 radical (unpaired) electrons. The normalized spacial score (nSPS) is 20.5. The summed E-state index contributed by atoms with van der Waals surface area (Å²) >= 11 is 6.18. The van der Waals surface area contributed by atoms with Crippen LogP contribution in [0.4, 0.5) is 0 Å². The molecule has 2 saturated heterocycles. The highest BCUT2D eigenvalue weighted by atomic mass is 35.5. The molecule has 5 rings (SSSR count). The van der Waals surface area contributed by atoms with Crippen molar-refractivity contribution in [3.8, 4) is 5.75 Å². The monoisotopic (exact) mass is 627 g/mol. The van der Waals surface area contributed by atoms with E-state index < -0.39 is 31.8 Å². The van der Waals surface area contributed by atoms with Gasteiger partial charge in [0, 0.05) is 51.2 Å². The first-order chi connectivity index (χ1) is 19.4. The number of aliphatic hydroxyl groups excluding tert-OH is 1. The van der Waals surface area contributed by atoms with Crippen LogP contribution in [0.1, 0.15) is 19.3 Å². The molecule has 2 fully saturated rings. The Hall–Kier alpha value is -2.30. The summed E-state index contributed by atoms with van der Waals surface area (Å²) in [6, 6.07) is 7.68. The third-order valence-electron chi connectivity index (χ3n) is 7.71. The van der Waals surface area contributed by atoms with Gasteiger partial charge in [0.15, 0.2) is 0 Å². The molecule has 3 N–H and O–H groups in total. The van der Waals surface area contributed by atoms with Gasteiger partial charge in [0.05, 0.1) is 27.6 Å². The first-order valence-electron chi connectivity index (χ1n) is 13.2. The van der Waals surface area contributed by atoms with E-state index in [0.717, 1.165) is 0 Å². The van der Waals surface area contributed by atoms with Crippen LogP contribution in [0, 0.1) is 0 Å². The van der Waals surface area contributed by atoms with Crippen molar-refractivity contribution in [3.05, 3.63) is 47.7 Å². The van der Waals surface area contributed by atoms with E-state index >= 15 is 0 Å². The van der Waals surface area contributed by atoms with Crippen molar-refractivity contribution in [1.29, 1.82) is 0 Å². The fourth-order valence-electron chi connectivity index (χ4n) is 5.34. The zero-order chi connectivity index (χ0) is 29.4. The molecular weight excluding hydrogens is 594 g/mol. The van der Waals surface area contributed by atoms with Crippen LogP contribution in [-0.4, -0.2) is 93.4 Å². The van der Waals surface area contributed by atoms with Crippen molar-refractivity contribution in [2.45, 2.75) is 46.8 Å². The van der Waals surface area contributed by atoms with Crippen LogP contribution in [0.5, 0.6) is 5.75 Å². The third-order valence-corrected chi connectivity index (χ3v) is 11.3. The molecule has 0 amide bonds. The highest BCUT2D eigenvalue weighted by Crippen LogP contribution is 2.37. The van der Waals surface area contributed by atoms with Gasteiger partial charge in [-0.15, -0.1) is 0 Å². The molecular formula is C26H34ClN5O7S2. The van der Waals surface area contributed by atoms with Gasteiger partial charge in [-0.2, -0.15) is 4.31 Å². The number of rotatable bonds is 10. The maximum Gasteiger partial charge on any atom is 0.244 e. The average Bonchev–Trinajstić information content (AvgIpc) is 3.49. The van der Waals surface area contributed by atoms with Crippen LogP contribution in [0.25, 0.3) is 11.0 Å². The van der Waals surface area contributed by atoms with Crippen molar-refractivity contribution >= 4 is 42.7 Å². The Labute approximate surface area is 244 Å². The van der Waals surface area contributed by atoms with E-state index in [9.17, 15) is 21.9 Å². The molecule has 1 unspecified atom stereocenters. The zero-order valence-electron chi connectivity index (χ0n) is 22.8. The number of halogens is 1. The smallest absolute Gasteiger partial charge is 0.244 e. The minimum Gasteiger partial charge on any atom is -0.491 e. The maximum absolute atomic E-state index is 13.4. The minimum atomic E-state index is -3.72. The molecule has 2 aromatic heterocycles. The van der Waals surface area contributed by atoms with Gasteiger partial charge in [0.2, 0.25) is 20.0 Å². The molecule has 2 aliphatic rings. The number of ether oxygens (including phenoxy) is 2. The van der Waals surface area contributed by atoms with Crippen LogP contribution in [0.3, 0.4) is 0 Å². The predicted octanol–water partition coefficient (Wildman–Crippen LogP) is 1.48. The minimum absolute atomic E-state index is 0.00519. The SMILES string of the molecule is CNS(=O)(=O)c1cccc(OC[C@@H](O)CNC2COC3(CCN(S(=O)(=O)c4cnc5c(Cl)cn(C)c5c4)CC3)C2)c1. The van der Waals surface area contributed by atoms with E-state index in [1.165, 1.54) is 29.7 Å². The van der Waals surface area contributed by atoms with Crippen LogP contribution >= 0.6 is 11.6 Å². The number of nitrogens with one attached hydrogen (secondary N) is 2. The number of hydrogen-bond donors (Lipinski definition) is 3. The molecule has 0 saturated carbocycles. The van der Waals surface area contributed by atoms with E-state index in [2.05, 4.69) is 15.0 Å². The van der Waals surface area contributed by atoms with Crippen molar-refractivity contribution < 1.29 is 31.4 Å². The Kier molecular flexibility index (Phi) is 8.66. The number of aliphatic hydroxyl groups is 1. The topological polar surface area (TPSA) is 152 Å². The van der Waals surface area contributed by atoms with E-state index in [0.29, 0.717) is 60.8 Å². The molecule has 1 aromatic carbocycles. The highest BCUT2D eigenvalue weighted by Gasteiger charge is 2.44. The van der Waals surface area contributed by atoms with E-state index in [-0.39, 0.29) is 29.0 Å². The molecule has 2 aliphatic heterocycles. The Bertz CT molecular complexity index is 1620. The second kappa shape index (κ2) is 11.8. The average molecular weight is 628 g/mol. The Morgan fingerprint density at radius 1 is 1.22 bits per heavy atom. The van der Waals surface area contributed by atoms with Gasteiger partial charge in [-0.1, -0.05) is 17.7 Å². The Morgan fingerprint density at radius 2 is 1.98 bits per heavy atom.